The Bertz CT molecular complexity index is 772. The third kappa shape index (κ3) is 6.90. The second-order valence-electron chi connectivity index (χ2n) is 7.45. The van der Waals surface area contributed by atoms with Gasteiger partial charge in [0, 0.05) is 50.1 Å². The molecule has 1 aliphatic carbocycles. The average molecular weight is 415 g/mol. The number of carboxylic acid groups (broad SMARTS) is 1. The number of hydrogen-bond donors (Lipinski definition) is 1. The lowest BCUT2D eigenvalue weighted by molar-refractivity contribution is -0.192. The molecule has 160 valence electrons. The highest BCUT2D eigenvalue weighted by Crippen LogP contribution is 2.29. The molecule has 2 aromatic heterocycles. The van der Waals surface area contributed by atoms with Crippen molar-refractivity contribution < 1.29 is 32.2 Å². The summed E-state index contributed by atoms with van der Waals surface area (Å²) in [4.78, 5) is 15.8. The van der Waals surface area contributed by atoms with E-state index in [-0.39, 0.29) is 0 Å². The van der Waals surface area contributed by atoms with Crippen LogP contribution in [0.5, 0.6) is 0 Å². The van der Waals surface area contributed by atoms with Gasteiger partial charge in [0.15, 0.2) is 0 Å². The molecule has 0 bridgehead atoms. The largest absolute Gasteiger partial charge is 0.490 e. The fourth-order valence-electron chi connectivity index (χ4n) is 3.18. The first kappa shape index (κ1) is 21.4. The van der Waals surface area contributed by atoms with Gasteiger partial charge < -0.3 is 18.8 Å². The van der Waals surface area contributed by atoms with Crippen LogP contribution in [0.25, 0.3) is 0 Å². The van der Waals surface area contributed by atoms with Crippen LogP contribution in [0, 0.1) is 11.8 Å². The monoisotopic (exact) mass is 415 g/mol. The van der Waals surface area contributed by atoms with Crippen molar-refractivity contribution in [3.05, 3.63) is 42.4 Å². The first-order chi connectivity index (χ1) is 13.8. The number of rotatable bonds is 6. The van der Waals surface area contributed by atoms with Crippen molar-refractivity contribution in [1.29, 1.82) is 0 Å². The van der Waals surface area contributed by atoms with E-state index in [4.69, 9.17) is 19.1 Å². The zero-order valence-corrected chi connectivity index (χ0v) is 15.8. The number of imidazole rings is 1. The van der Waals surface area contributed by atoms with Crippen molar-refractivity contribution in [2.24, 2.45) is 11.8 Å². The number of furan rings is 1. The Morgan fingerprint density at radius 3 is 2.62 bits per heavy atom. The van der Waals surface area contributed by atoms with Crippen molar-refractivity contribution >= 4 is 5.97 Å². The van der Waals surface area contributed by atoms with Gasteiger partial charge in [0.05, 0.1) is 25.7 Å². The quantitative estimate of drug-likeness (QED) is 0.781. The number of aromatic nitrogens is 2. The van der Waals surface area contributed by atoms with Gasteiger partial charge in [0.25, 0.3) is 0 Å². The van der Waals surface area contributed by atoms with Crippen molar-refractivity contribution in [2.45, 2.75) is 38.7 Å². The van der Waals surface area contributed by atoms with Crippen molar-refractivity contribution in [1.82, 2.24) is 14.5 Å². The number of alkyl halides is 3. The Morgan fingerprint density at radius 1 is 1.28 bits per heavy atom. The second-order valence-corrected chi connectivity index (χ2v) is 7.45. The van der Waals surface area contributed by atoms with Crippen molar-refractivity contribution in [3.8, 4) is 0 Å². The van der Waals surface area contributed by atoms with Crippen LogP contribution in [0.1, 0.15) is 24.2 Å². The summed E-state index contributed by atoms with van der Waals surface area (Å²) in [5.41, 5.74) is 1.22. The molecular weight excluding hydrogens is 391 g/mol. The Kier molecular flexibility index (Phi) is 6.96. The average Bonchev–Trinajstić information content (AvgIpc) is 3.19. The van der Waals surface area contributed by atoms with E-state index in [0.717, 1.165) is 51.1 Å². The molecule has 1 aliphatic heterocycles. The fourth-order valence-corrected chi connectivity index (χ4v) is 3.18. The van der Waals surface area contributed by atoms with Gasteiger partial charge in [0.2, 0.25) is 0 Å². The van der Waals surface area contributed by atoms with Crippen LogP contribution in [-0.2, 0) is 29.2 Å². The summed E-state index contributed by atoms with van der Waals surface area (Å²) in [7, 11) is 0. The van der Waals surface area contributed by atoms with Crippen LogP contribution >= 0.6 is 0 Å². The number of aliphatic carboxylic acids is 1. The number of hydrogen-bond acceptors (Lipinski definition) is 5. The molecule has 7 nitrogen and oxygen atoms in total. The maximum Gasteiger partial charge on any atom is 0.490 e. The van der Waals surface area contributed by atoms with Gasteiger partial charge in [0.1, 0.15) is 5.82 Å². The van der Waals surface area contributed by atoms with Gasteiger partial charge in [-0.05, 0) is 24.8 Å². The summed E-state index contributed by atoms with van der Waals surface area (Å²) in [6.45, 7) is 5.62. The number of nitrogens with zero attached hydrogens (tertiary/aromatic N) is 3. The zero-order chi connectivity index (χ0) is 20.9. The molecule has 1 atom stereocenters. The van der Waals surface area contributed by atoms with E-state index in [1.54, 1.807) is 6.26 Å². The molecule has 1 fully saturated rings. The molecule has 1 N–H and O–H groups in total. The molecule has 29 heavy (non-hydrogen) atoms. The minimum absolute atomic E-state index is 0.515. The second kappa shape index (κ2) is 9.45. The number of ether oxygens (including phenoxy) is 1. The van der Waals surface area contributed by atoms with E-state index in [0.29, 0.717) is 5.92 Å². The van der Waals surface area contributed by atoms with Crippen LogP contribution in [0.3, 0.4) is 0 Å². The molecule has 2 aromatic rings. The van der Waals surface area contributed by atoms with E-state index in [1.807, 2.05) is 18.5 Å². The molecule has 10 heteroatoms. The third-order valence-corrected chi connectivity index (χ3v) is 4.77. The maximum absolute atomic E-state index is 10.6. The molecule has 1 saturated carbocycles. The van der Waals surface area contributed by atoms with Gasteiger partial charge in [-0.3, -0.25) is 4.90 Å². The Hall–Kier alpha value is -2.33. The normalized spacial score (nSPS) is 19.8. The van der Waals surface area contributed by atoms with Crippen molar-refractivity contribution in [3.63, 3.8) is 0 Å². The first-order valence-corrected chi connectivity index (χ1v) is 9.42. The van der Waals surface area contributed by atoms with E-state index in [1.165, 1.54) is 18.4 Å². The summed E-state index contributed by atoms with van der Waals surface area (Å²) >= 11 is 0. The maximum atomic E-state index is 10.6. The Morgan fingerprint density at radius 2 is 2.00 bits per heavy atom. The summed E-state index contributed by atoms with van der Waals surface area (Å²) in [6.07, 6.45) is 5.18. The number of fused-ring (bicyclic) bond motifs is 1. The molecule has 2 aliphatic rings. The Balaban J connectivity index is 0.000000298. The molecular formula is C19H24F3N3O4. The predicted molar refractivity (Wildman–Crippen MR) is 95.8 cm³/mol. The molecule has 0 aromatic carbocycles. The molecule has 0 radical (unpaired) electrons. The predicted octanol–water partition coefficient (Wildman–Crippen LogP) is 3.17. The van der Waals surface area contributed by atoms with Crippen LogP contribution in [0.4, 0.5) is 13.2 Å². The highest BCUT2D eigenvalue weighted by molar-refractivity contribution is 5.73. The van der Waals surface area contributed by atoms with Gasteiger partial charge in [-0.15, -0.1) is 0 Å². The topological polar surface area (TPSA) is 80.7 Å². The van der Waals surface area contributed by atoms with Crippen LogP contribution in [-0.4, -0.2) is 51.5 Å². The van der Waals surface area contributed by atoms with Gasteiger partial charge >= 0.3 is 12.1 Å². The molecule has 3 heterocycles. The molecule has 0 saturated heterocycles. The zero-order valence-electron chi connectivity index (χ0n) is 15.8. The molecule has 1 unspecified atom stereocenters. The lowest BCUT2D eigenvalue weighted by atomic mass is 10.1. The smallest absolute Gasteiger partial charge is 0.475 e. The minimum Gasteiger partial charge on any atom is -0.475 e. The van der Waals surface area contributed by atoms with E-state index in [9.17, 15) is 13.2 Å². The highest BCUT2D eigenvalue weighted by Gasteiger charge is 2.38. The van der Waals surface area contributed by atoms with Gasteiger partial charge in [-0.25, -0.2) is 9.78 Å². The van der Waals surface area contributed by atoms with Gasteiger partial charge in [-0.1, -0.05) is 0 Å². The van der Waals surface area contributed by atoms with Crippen LogP contribution in [0.15, 0.2) is 35.4 Å². The lowest BCUT2D eigenvalue weighted by Gasteiger charge is -2.23. The van der Waals surface area contributed by atoms with E-state index < -0.39 is 12.1 Å². The molecule has 0 spiro atoms. The minimum atomic E-state index is -5.08. The van der Waals surface area contributed by atoms with Gasteiger partial charge in [-0.2, -0.15) is 13.2 Å². The number of halogens is 3. The Labute approximate surface area is 166 Å². The van der Waals surface area contributed by atoms with E-state index in [2.05, 4.69) is 20.6 Å². The molecule has 0 amide bonds. The summed E-state index contributed by atoms with van der Waals surface area (Å²) < 4.78 is 45.2. The van der Waals surface area contributed by atoms with Crippen LogP contribution < -0.4 is 0 Å². The van der Waals surface area contributed by atoms with Crippen LogP contribution in [0.2, 0.25) is 0 Å². The number of carboxylic acids is 1. The summed E-state index contributed by atoms with van der Waals surface area (Å²) in [5.74, 6) is -0.265. The standard InChI is InChI=1S/C17H23N3O2.C2HF3O2/c1-2-14(1)11-22-13-16-8-19(7-15-3-6-21-12-15)10-17-18-4-5-20(17)9-16;3-2(4,5)1(6)7/h3-6,12,14,16H,1-2,7-11,13H2;(H,6,7). The van der Waals surface area contributed by atoms with Crippen molar-refractivity contribution in [2.75, 3.05) is 19.8 Å². The highest BCUT2D eigenvalue weighted by atomic mass is 19.4. The fraction of sp³-hybridized carbons (Fsp3) is 0.579. The van der Waals surface area contributed by atoms with E-state index >= 15 is 0 Å². The summed E-state index contributed by atoms with van der Waals surface area (Å²) in [6, 6.07) is 2.04. The molecule has 4 rings (SSSR count). The third-order valence-electron chi connectivity index (χ3n) is 4.77. The SMILES string of the molecule is O=C(O)C(F)(F)F.c1cn2c(n1)CN(Cc1ccoc1)CC(COCC1CC1)C2. The lowest BCUT2D eigenvalue weighted by Crippen LogP contribution is -2.30. The summed E-state index contributed by atoms with van der Waals surface area (Å²) in [5, 5.41) is 7.12. The first-order valence-electron chi connectivity index (χ1n) is 9.42. The number of carbonyl (C=O) groups is 1.